The largest absolute Gasteiger partial charge is 0.474 e. The summed E-state index contributed by atoms with van der Waals surface area (Å²) in [5.74, 6) is -2.78. The standard InChI is InChI=1S/C28H35F2N4O9P/c1-4-40-44(38,41-5-2)42-18-23(36)14-22(34(19(3)35)31-16-21-12-9-13-24(29)27(21)30)17-39-28(37)32-26-15-25(33-43-26)20-10-7-6-8-11-20/h6-13,15,22-23,31,36H,4-5,14,16-18H2,1-3H3,(H,32,37). The van der Waals surface area contributed by atoms with Crippen molar-refractivity contribution in [3.63, 3.8) is 0 Å². The van der Waals surface area contributed by atoms with Crippen LogP contribution >= 0.6 is 7.82 Å². The summed E-state index contributed by atoms with van der Waals surface area (Å²) in [7, 11) is -3.96. The zero-order valence-electron chi connectivity index (χ0n) is 24.4. The molecule has 0 aliphatic rings. The first-order valence-corrected chi connectivity index (χ1v) is 15.1. The van der Waals surface area contributed by atoms with Crippen molar-refractivity contribution in [3.05, 3.63) is 71.8 Å². The number of aliphatic hydroxyl groups excluding tert-OH is 1. The average molecular weight is 641 g/mol. The number of carbonyl (C=O) groups excluding carboxylic acids is 2. The summed E-state index contributed by atoms with van der Waals surface area (Å²) in [5.41, 5.74) is 3.84. The molecule has 0 aliphatic heterocycles. The van der Waals surface area contributed by atoms with Crippen LogP contribution in [0, 0.1) is 11.6 Å². The molecule has 3 N–H and O–H groups in total. The molecule has 0 spiro atoms. The number of hydrazine groups is 1. The Kier molecular flexibility index (Phi) is 13.4. The molecule has 2 atom stereocenters. The molecule has 2 aromatic carbocycles. The second-order valence-corrected chi connectivity index (χ2v) is 10.9. The van der Waals surface area contributed by atoms with Crippen LogP contribution in [0.15, 0.2) is 59.1 Å². The molecule has 0 saturated carbocycles. The summed E-state index contributed by atoms with van der Waals surface area (Å²) in [5, 5.41) is 18.0. The Morgan fingerprint density at radius 2 is 1.75 bits per heavy atom. The molecule has 0 radical (unpaired) electrons. The highest BCUT2D eigenvalue weighted by Gasteiger charge is 2.30. The Morgan fingerprint density at radius 1 is 1.05 bits per heavy atom. The highest BCUT2D eigenvalue weighted by atomic mass is 31.2. The molecule has 16 heteroatoms. The number of nitrogens with one attached hydrogen (secondary N) is 2. The number of phosphoric acid groups is 1. The van der Waals surface area contributed by atoms with Gasteiger partial charge in [-0.1, -0.05) is 47.6 Å². The number of ether oxygens (including phenoxy) is 1. The first-order valence-electron chi connectivity index (χ1n) is 13.7. The van der Waals surface area contributed by atoms with Crippen LogP contribution in [-0.2, 0) is 34.2 Å². The van der Waals surface area contributed by atoms with Gasteiger partial charge in [0.2, 0.25) is 11.8 Å². The van der Waals surface area contributed by atoms with Gasteiger partial charge in [-0.15, -0.1) is 0 Å². The molecule has 13 nitrogen and oxygen atoms in total. The quantitative estimate of drug-likeness (QED) is 0.134. The van der Waals surface area contributed by atoms with Gasteiger partial charge in [-0.3, -0.25) is 28.7 Å². The van der Waals surface area contributed by atoms with Crippen LogP contribution in [0.25, 0.3) is 11.3 Å². The van der Waals surface area contributed by atoms with Gasteiger partial charge in [0.1, 0.15) is 12.3 Å². The van der Waals surface area contributed by atoms with Crippen LogP contribution in [0.4, 0.5) is 19.5 Å². The lowest BCUT2D eigenvalue weighted by Gasteiger charge is -2.32. The number of amides is 2. The van der Waals surface area contributed by atoms with Crippen LogP contribution in [-0.4, -0.2) is 65.8 Å². The van der Waals surface area contributed by atoms with E-state index in [0.29, 0.717) is 5.69 Å². The molecule has 44 heavy (non-hydrogen) atoms. The first kappa shape index (κ1) is 34.8. The fourth-order valence-electron chi connectivity index (χ4n) is 3.98. The molecule has 2 amide bonds. The number of anilines is 1. The lowest BCUT2D eigenvalue weighted by atomic mass is 10.1. The average Bonchev–Trinajstić information content (AvgIpc) is 3.46. The highest BCUT2D eigenvalue weighted by Crippen LogP contribution is 2.49. The van der Waals surface area contributed by atoms with Gasteiger partial charge in [-0.2, -0.15) is 0 Å². The third-order valence-electron chi connectivity index (χ3n) is 5.93. The number of hydrogen-bond donors (Lipinski definition) is 3. The van der Waals surface area contributed by atoms with Crippen molar-refractivity contribution < 1.29 is 50.9 Å². The Morgan fingerprint density at radius 3 is 2.41 bits per heavy atom. The smallest absolute Gasteiger partial charge is 0.447 e. The summed E-state index contributed by atoms with van der Waals surface area (Å²) in [4.78, 5) is 25.2. The van der Waals surface area contributed by atoms with Crippen molar-refractivity contribution in [1.82, 2.24) is 15.6 Å². The molecule has 1 aromatic heterocycles. The van der Waals surface area contributed by atoms with Crippen molar-refractivity contribution >= 4 is 25.7 Å². The number of aromatic nitrogens is 1. The number of aliphatic hydroxyl groups is 1. The first-order chi connectivity index (χ1) is 21.0. The van der Waals surface area contributed by atoms with Crippen molar-refractivity contribution in [2.24, 2.45) is 0 Å². The van der Waals surface area contributed by atoms with Crippen LogP contribution in [0.2, 0.25) is 0 Å². The molecule has 3 rings (SSSR count). The Balaban J connectivity index is 1.71. The van der Waals surface area contributed by atoms with Crippen LogP contribution < -0.4 is 10.7 Å². The Hall–Kier alpha value is -3.72. The van der Waals surface area contributed by atoms with Crippen molar-refractivity contribution in [2.75, 3.05) is 31.7 Å². The molecule has 240 valence electrons. The van der Waals surface area contributed by atoms with Crippen molar-refractivity contribution in [1.29, 1.82) is 0 Å². The Labute approximate surface area is 253 Å². The van der Waals surface area contributed by atoms with Gasteiger partial charge in [-0.05, 0) is 19.9 Å². The fraction of sp³-hybridized carbons (Fsp3) is 0.393. The summed E-state index contributed by atoms with van der Waals surface area (Å²) in [6.07, 6.45) is -2.60. The van der Waals surface area contributed by atoms with Gasteiger partial charge in [0.25, 0.3) is 0 Å². The number of halogens is 2. The topological polar surface area (TPSA) is 162 Å². The van der Waals surface area contributed by atoms with E-state index in [-0.39, 0.29) is 37.6 Å². The SMILES string of the molecule is CCOP(=O)(OCC)OCC(O)CC(COC(=O)Nc1cc(-c2ccccc2)no1)N(NCc1cccc(F)c1F)C(C)=O. The molecule has 0 bridgehead atoms. The van der Waals surface area contributed by atoms with Crippen molar-refractivity contribution in [3.8, 4) is 11.3 Å². The van der Waals surface area contributed by atoms with E-state index >= 15 is 0 Å². The van der Waals surface area contributed by atoms with Crippen LogP contribution in [0.5, 0.6) is 0 Å². The normalized spacial score (nSPS) is 12.9. The van der Waals surface area contributed by atoms with Gasteiger partial charge < -0.3 is 14.4 Å². The van der Waals surface area contributed by atoms with Gasteiger partial charge in [-0.25, -0.2) is 23.6 Å². The van der Waals surface area contributed by atoms with Gasteiger partial charge in [0, 0.05) is 37.1 Å². The number of carbonyl (C=O) groups is 2. The molecule has 0 fully saturated rings. The number of hydrogen-bond acceptors (Lipinski definition) is 11. The van der Waals surface area contributed by atoms with E-state index < -0.39 is 56.8 Å². The van der Waals surface area contributed by atoms with E-state index in [1.165, 1.54) is 25.1 Å². The fourth-order valence-corrected chi connectivity index (χ4v) is 5.19. The lowest BCUT2D eigenvalue weighted by molar-refractivity contribution is -0.137. The molecular formula is C28H35F2N4O9P. The van der Waals surface area contributed by atoms with Crippen molar-refractivity contribution in [2.45, 2.75) is 45.9 Å². The number of nitrogens with zero attached hydrogens (tertiary/aromatic N) is 2. The summed E-state index contributed by atoms with van der Waals surface area (Å²) < 4.78 is 66.4. The van der Waals surface area contributed by atoms with E-state index in [0.717, 1.165) is 16.6 Å². The third kappa shape index (κ3) is 10.5. The van der Waals surface area contributed by atoms with Gasteiger partial charge in [0.05, 0.1) is 32.0 Å². The molecule has 2 unspecified atom stereocenters. The minimum absolute atomic E-state index is 0.00966. The Bertz CT molecular complexity index is 1400. The number of rotatable bonds is 17. The zero-order chi connectivity index (χ0) is 32.1. The summed E-state index contributed by atoms with van der Waals surface area (Å²) in [6.45, 7) is 3.09. The summed E-state index contributed by atoms with van der Waals surface area (Å²) in [6, 6.07) is 13.1. The van der Waals surface area contributed by atoms with Crippen LogP contribution in [0.1, 0.15) is 32.8 Å². The maximum absolute atomic E-state index is 14.3. The molecule has 0 aliphatic carbocycles. The lowest BCUT2D eigenvalue weighted by Crippen LogP contribution is -2.52. The second kappa shape index (κ2) is 16.9. The van der Waals surface area contributed by atoms with E-state index in [4.69, 9.17) is 22.8 Å². The maximum atomic E-state index is 14.3. The predicted octanol–water partition coefficient (Wildman–Crippen LogP) is 5.04. The predicted molar refractivity (Wildman–Crippen MR) is 154 cm³/mol. The van der Waals surface area contributed by atoms with E-state index in [2.05, 4.69) is 15.9 Å². The molecular weight excluding hydrogens is 605 g/mol. The minimum Gasteiger partial charge on any atom is -0.447 e. The van der Waals surface area contributed by atoms with Gasteiger partial charge >= 0.3 is 13.9 Å². The monoisotopic (exact) mass is 640 g/mol. The number of phosphoric ester groups is 1. The molecule has 1 heterocycles. The maximum Gasteiger partial charge on any atom is 0.474 e. The molecule has 3 aromatic rings. The highest BCUT2D eigenvalue weighted by molar-refractivity contribution is 7.48. The van der Waals surface area contributed by atoms with E-state index in [1.54, 1.807) is 26.0 Å². The zero-order valence-corrected chi connectivity index (χ0v) is 25.3. The molecule has 0 saturated heterocycles. The summed E-state index contributed by atoms with van der Waals surface area (Å²) >= 11 is 0. The van der Waals surface area contributed by atoms with Gasteiger partial charge in [0.15, 0.2) is 11.6 Å². The minimum atomic E-state index is -3.96. The van der Waals surface area contributed by atoms with Crippen LogP contribution in [0.3, 0.4) is 0 Å². The number of benzene rings is 2. The van der Waals surface area contributed by atoms with E-state index in [1.807, 2.05) is 18.2 Å². The third-order valence-corrected chi connectivity index (χ3v) is 7.55. The second-order valence-electron chi connectivity index (χ2n) is 9.22. The van der Waals surface area contributed by atoms with E-state index in [9.17, 15) is 28.0 Å².